The van der Waals surface area contributed by atoms with E-state index in [9.17, 15) is 4.79 Å². The highest BCUT2D eigenvalue weighted by Gasteiger charge is 2.01. The molecule has 6 nitrogen and oxygen atoms in total. The molecule has 0 fully saturated rings. The first-order chi connectivity index (χ1) is 10.6. The number of rotatable bonds is 6. The molecule has 0 aliphatic rings. The molecule has 2 aromatic carbocycles. The van der Waals surface area contributed by atoms with Crippen LogP contribution in [0.3, 0.4) is 0 Å². The predicted molar refractivity (Wildman–Crippen MR) is 84.2 cm³/mol. The summed E-state index contributed by atoms with van der Waals surface area (Å²) >= 11 is 0. The molecule has 0 aliphatic heterocycles. The summed E-state index contributed by atoms with van der Waals surface area (Å²) in [5.74, 6) is 0.386. The van der Waals surface area contributed by atoms with Gasteiger partial charge in [-0.2, -0.15) is 5.10 Å². The minimum Gasteiger partial charge on any atom is -0.497 e. The quantitative estimate of drug-likeness (QED) is 0.633. The molecule has 6 heteroatoms. The average molecular weight is 300 g/mol. The van der Waals surface area contributed by atoms with E-state index in [0.29, 0.717) is 17.2 Å². The number of aromatic carboxylic acids is 1. The number of carboxylic acid groups (broad SMARTS) is 1. The van der Waals surface area contributed by atoms with E-state index in [1.54, 1.807) is 38.6 Å². The third-order valence-electron chi connectivity index (χ3n) is 2.91. The standard InChI is InChI=1S/C16H16N2O4/c1-21-14-7-11(8-15(9-14)22-2)10-17-18-13-5-3-12(4-6-13)16(19)20/h3-10,18H,1-2H3,(H,19,20)/b17-10+. The van der Waals surface area contributed by atoms with Crippen LogP contribution in [-0.4, -0.2) is 31.5 Å². The second-order valence-corrected chi connectivity index (χ2v) is 4.40. The molecule has 2 N–H and O–H groups in total. The van der Waals surface area contributed by atoms with Gasteiger partial charge in [0.25, 0.3) is 0 Å². The molecule has 2 aromatic rings. The van der Waals surface area contributed by atoms with Crippen molar-refractivity contribution in [2.24, 2.45) is 5.10 Å². The number of nitrogens with one attached hydrogen (secondary N) is 1. The van der Waals surface area contributed by atoms with Crippen molar-refractivity contribution in [3.8, 4) is 11.5 Å². The molecule has 0 saturated carbocycles. The zero-order valence-corrected chi connectivity index (χ0v) is 12.2. The monoisotopic (exact) mass is 300 g/mol. The van der Waals surface area contributed by atoms with Crippen molar-refractivity contribution in [3.63, 3.8) is 0 Å². The van der Waals surface area contributed by atoms with Gasteiger partial charge in [0.05, 0.1) is 31.7 Å². The van der Waals surface area contributed by atoms with Crippen molar-refractivity contribution >= 4 is 17.9 Å². The molecule has 0 amide bonds. The Kier molecular flexibility index (Phi) is 4.98. The van der Waals surface area contributed by atoms with Gasteiger partial charge < -0.3 is 14.6 Å². The number of ether oxygens (including phenoxy) is 2. The van der Waals surface area contributed by atoms with E-state index in [2.05, 4.69) is 10.5 Å². The largest absolute Gasteiger partial charge is 0.497 e. The lowest BCUT2D eigenvalue weighted by atomic mass is 10.2. The van der Waals surface area contributed by atoms with E-state index in [1.807, 2.05) is 12.1 Å². The maximum Gasteiger partial charge on any atom is 0.335 e. The van der Waals surface area contributed by atoms with Crippen LogP contribution in [0.2, 0.25) is 0 Å². The van der Waals surface area contributed by atoms with Crippen molar-refractivity contribution < 1.29 is 19.4 Å². The Labute approximate surface area is 128 Å². The Morgan fingerprint density at radius 3 is 2.18 bits per heavy atom. The fourth-order valence-corrected chi connectivity index (χ4v) is 1.77. The van der Waals surface area contributed by atoms with E-state index in [4.69, 9.17) is 14.6 Å². The van der Waals surface area contributed by atoms with E-state index in [-0.39, 0.29) is 5.56 Å². The molecule has 114 valence electrons. The zero-order chi connectivity index (χ0) is 15.9. The predicted octanol–water partition coefficient (Wildman–Crippen LogP) is 2.85. The van der Waals surface area contributed by atoms with Crippen molar-refractivity contribution in [2.45, 2.75) is 0 Å². The van der Waals surface area contributed by atoms with Crippen LogP contribution in [0.25, 0.3) is 0 Å². The number of carboxylic acids is 1. The molecule has 0 radical (unpaired) electrons. The molecule has 0 bridgehead atoms. The van der Waals surface area contributed by atoms with E-state index in [0.717, 1.165) is 5.56 Å². The highest BCUT2D eigenvalue weighted by atomic mass is 16.5. The van der Waals surface area contributed by atoms with Crippen molar-refractivity contribution in [1.82, 2.24) is 0 Å². The number of hydrogen-bond donors (Lipinski definition) is 2. The summed E-state index contributed by atoms with van der Waals surface area (Å²) in [5.41, 5.74) is 4.56. The van der Waals surface area contributed by atoms with Crippen molar-refractivity contribution in [2.75, 3.05) is 19.6 Å². The van der Waals surface area contributed by atoms with Crippen molar-refractivity contribution in [1.29, 1.82) is 0 Å². The molecule has 0 aliphatic carbocycles. The zero-order valence-electron chi connectivity index (χ0n) is 12.2. The van der Waals surface area contributed by atoms with Crippen LogP contribution < -0.4 is 14.9 Å². The number of nitrogens with zero attached hydrogens (tertiary/aromatic N) is 1. The van der Waals surface area contributed by atoms with Gasteiger partial charge in [0, 0.05) is 11.6 Å². The number of methoxy groups -OCH3 is 2. The molecule has 22 heavy (non-hydrogen) atoms. The lowest BCUT2D eigenvalue weighted by Crippen LogP contribution is -1.96. The van der Waals surface area contributed by atoms with Gasteiger partial charge in [-0.15, -0.1) is 0 Å². The highest BCUT2D eigenvalue weighted by molar-refractivity contribution is 5.88. The van der Waals surface area contributed by atoms with Gasteiger partial charge in [0.15, 0.2) is 0 Å². The number of hydrazone groups is 1. The minimum atomic E-state index is -0.960. The molecular formula is C16H16N2O4. The summed E-state index contributed by atoms with van der Waals surface area (Å²) in [6.45, 7) is 0. The van der Waals surface area contributed by atoms with E-state index in [1.165, 1.54) is 12.1 Å². The van der Waals surface area contributed by atoms with Crippen molar-refractivity contribution in [3.05, 3.63) is 53.6 Å². The van der Waals surface area contributed by atoms with Gasteiger partial charge in [-0.05, 0) is 36.4 Å². The Morgan fingerprint density at radius 1 is 1.09 bits per heavy atom. The van der Waals surface area contributed by atoms with Gasteiger partial charge in [-0.1, -0.05) is 0 Å². The third-order valence-corrected chi connectivity index (χ3v) is 2.91. The van der Waals surface area contributed by atoms with E-state index >= 15 is 0 Å². The Morgan fingerprint density at radius 2 is 1.68 bits per heavy atom. The molecule has 0 unspecified atom stereocenters. The summed E-state index contributed by atoms with van der Waals surface area (Å²) in [6, 6.07) is 11.7. The third kappa shape index (κ3) is 3.99. The molecule has 0 spiro atoms. The normalized spacial score (nSPS) is 10.5. The summed E-state index contributed by atoms with van der Waals surface area (Å²) in [7, 11) is 3.16. The van der Waals surface area contributed by atoms with Gasteiger partial charge in [0.2, 0.25) is 0 Å². The number of hydrogen-bond acceptors (Lipinski definition) is 5. The summed E-state index contributed by atoms with van der Waals surface area (Å²) in [5, 5.41) is 12.9. The fourth-order valence-electron chi connectivity index (χ4n) is 1.77. The average Bonchev–Trinajstić information content (AvgIpc) is 2.55. The maximum absolute atomic E-state index is 10.8. The topological polar surface area (TPSA) is 80.2 Å². The summed E-state index contributed by atoms with van der Waals surface area (Å²) in [4.78, 5) is 10.8. The molecule has 0 atom stereocenters. The number of carbonyl (C=O) groups is 1. The van der Waals surface area contributed by atoms with Gasteiger partial charge in [-0.3, -0.25) is 5.43 Å². The molecule has 0 saturated heterocycles. The Hall–Kier alpha value is -3.02. The van der Waals surface area contributed by atoms with Crippen LogP contribution in [0.5, 0.6) is 11.5 Å². The summed E-state index contributed by atoms with van der Waals surface area (Å²) < 4.78 is 10.4. The molecule has 2 rings (SSSR count). The number of benzene rings is 2. The Bertz CT molecular complexity index is 659. The van der Waals surface area contributed by atoms with Crippen LogP contribution in [0, 0.1) is 0 Å². The first-order valence-electron chi connectivity index (χ1n) is 6.48. The van der Waals surface area contributed by atoms with Crippen LogP contribution in [-0.2, 0) is 0 Å². The maximum atomic E-state index is 10.8. The van der Waals surface area contributed by atoms with Crippen LogP contribution in [0.15, 0.2) is 47.6 Å². The molecular weight excluding hydrogens is 284 g/mol. The SMILES string of the molecule is COc1cc(/C=N/Nc2ccc(C(=O)O)cc2)cc(OC)c1. The van der Waals surface area contributed by atoms with Crippen LogP contribution in [0.1, 0.15) is 15.9 Å². The van der Waals surface area contributed by atoms with Crippen LogP contribution in [0.4, 0.5) is 5.69 Å². The second kappa shape index (κ2) is 7.12. The molecule has 0 aromatic heterocycles. The molecule has 0 heterocycles. The van der Waals surface area contributed by atoms with Crippen LogP contribution >= 0.6 is 0 Å². The summed E-state index contributed by atoms with van der Waals surface area (Å²) in [6.07, 6.45) is 1.62. The first kappa shape index (κ1) is 15.4. The van der Waals surface area contributed by atoms with Gasteiger partial charge in [-0.25, -0.2) is 4.79 Å². The lowest BCUT2D eigenvalue weighted by molar-refractivity contribution is 0.0697. The van der Waals surface area contributed by atoms with E-state index < -0.39 is 5.97 Å². The second-order valence-electron chi connectivity index (χ2n) is 4.40. The first-order valence-corrected chi connectivity index (χ1v) is 6.48. The Balaban J connectivity index is 2.07. The highest BCUT2D eigenvalue weighted by Crippen LogP contribution is 2.21. The smallest absolute Gasteiger partial charge is 0.335 e. The lowest BCUT2D eigenvalue weighted by Gasteiger charge is -2.05. The van der Waals surface area contributed by atoms with Gasteiger partial charge in [0.1, 0.15) is 11.5 Å². The van der Waals surface area contributed by atoms with Gasteiger partial charge >= 0.3 is 5.97 Å². The minimum absolute atomic E-state index is 0.229. The fraction of sp³-hybridized carbons (Fsp3) is 0.125. The number of anilines is 1.